The number of nitrogens with zero attached hydrogens (tertiary/aromatic N) is 2. The molecule has 2 N–H and O–H groups in total. The van der Waals surface area contributed by atoms with Gasteiger partial charge in [-0.25, -0.2) is 18.4 Å². The van der Waals surface area contributed by atoms with E-state index in [0.717, 1.165) is 12.1 Å². The molecule has 8 heteroatoms. The van der Waals surface area contributed by atoms with Crippen LogP contribution in [0.1, 0.15) is 35.1 Å². The molecule has 1 unspecified atom stereocenters. The Kier molecular flexibility index (Phi) is 5.22. The molecule has 0 saturated carbocycles. The lowest BCUT2D eigenvalue weighted by Crippen LogP contribution is -2.36. The maximum atomic E-state index is 12.4. The van der Waals surface area contributed by atoms with E-state index in [1.165, 1.54) is 5.56 Å². The molecule has 1 aromatic carbocycles. The Morgan fingerprint density at radius 3 is 2.58 bits per heavy atom. The van der Waals surface area contributed by atoms with E-state index in [0.29, 0.717) is 18.1 Å². The fourth-order valence-electron chi connectivity index (χ4n) is 2.86. The molecule has 1 atom stereocenters. The highest BCUT2D eigenvalue weighted by Gasteiger charge is 2.29. The highest BCUT2D eigenvalue weighted by atomic mass is 32.2. The normalized spacial score (nSPS) is 18.5. The molecule has 1 aliphatic heterocycles. The number of rotatable bonds is 5. The smallest absolute Gasteiger partial charge is 0.270 e. The number of aromatic nitrogens is 2. The van der Waals surface area contributed by atoms with Gasteiger partial charge < -0.3 is 10.6 Å². The number of hydrogen-bond donors (Lipinski definition) is 2. The molecule has 3 rings (SSSR count). The number of benzene rings is 1. The number of aryl methyl sites for hydroxylation is 2. The predicted octanol–water partition coefficient (Wildman–Crippen LogP) is 2.01. The fourth-order valence-corrected chi connectivity index (χ4v) is 4.54. The molecule has 1 amide bonds. The van der Waals surface area contributed by atoms with Crippen LogP contribution in [0.5, 0.6) is 0 Å². The summed E-state index contributed by atoms with van der Waals surface area (Å²) >= 11 is 0. The van der Waals surface area contributed by atoms with E-state index >= 15 is 0 Å². The molecule has 2 heterocycles. The third kappa shape index (κ3) is 4.57. The zero-order valence-electron chi connectivity index (χ0n) is 14.8. The van der Waals surface area contributed by atoms with Crippen LogP contribution in [-0.2, 0) is 16.3 Å². The van der Waals surface area contributed by atoms with Gasteiger partial charge in [-0.1, -0.05) is 19.1 Å². The van der Waals surface area contributed by atoms with Crippen LogP contribution in [0.25, 0.3) is 0 Å². The molecule has 0 radical (unpaired) electrons. The van der Waals surface area contributed by atoms with E-state index in [9.17, 15) is 13.2 Å². The van der Waals surface area contributed by atoms with Gasteiger partial charge in [0.05, 0.1) is 11.5 Å². The number of amides is 1. The van der Waals surface area contributed by atoms with E-state index in [2.05, 4.69) is 27.5 Å². The zero-order valence-corrected chi connectivity index (χ0v) is 15.6. The lowest BCUT2D eigenvalue weighted by Gasteiger charge is -2.12. The molecular weight excluding hydrogens is 352 g/mol. The number of sulfone groups is 1. The summed E-state index contributed by atoms with van der Waals surface area (Å²) in [6.07, 6.45) is 1.40. The first-order valence-corrected chi connectivity index (χ1v) is 10.4. The topological polar surface area (TPSA) is 101 Å². The standard InChI is InChI=1S/C18H22N4O3S/c1-3-13-4-6-14(7-5-13)21-18-19-12(2)10-16(22-18)17(23)20-15-8-9-26(24,25)11-15/h4-7,10,15H,3,8-9,11H2,1-2H3,(H,20,23)(H,19,21,22). The summed E-state index contributed by atoms with van der Waals surface area (Å²) in [5.41, 5.74) is 2.93. The average Bonchev–Trinajstić information content (AvgIpc) is 2.93. The van der Waals surface area contributed by atoms with Crippen molar-refractivity contribution >= 4 is 27.4 Å². The van der Waals surface area contributed by atoms with Crippen LogP contribution < -0.4 is 10.6 Å². The molecule has 1 aliphatic rings. The monoisotopic (exact) mass is 374 g/mol. The third-order valence-electron chi connectivity index (χ3n) is 4.27. The van der Waals surface area contributed by atoms with Crippen molar-refractivity contribution in [2.24, 2.45) is 0 Å². The van der Waals surface area contributed by atoms with E-state index in [1.54, 1.807) is 13.0 Å². The molecule has 0 spiro atoms. The van der Waals surface area contributed by atoms with Crippen LogP contribution in [-0.4, -0.2) is 41.8 Å². The number of nitrogens with one attached hydrogen (secondary N) is 2. The van der Waals surface area contributed by atoms with Gasteiger partial charge in [-0.2, -0.15) is 0 Å². The van der Waals surface area contributed by atoms with Gasteiger partial charge in [0.25, 0.3) is 5.91 Å². The zero-order chi connectivity index (χ0) is 18.7. The highest BCUT2D eigenvalue weighted by molar-refractivity contribution is 7.91. The molecule has 1 saturated heterocycles. The minimum Gasteiger partial charge on any atom is -0.347 e. The van der Waals surface area contributed by atoms with Crippen molar-refractivity contribution < 1.29 is 13.2 Å². The Morgan fingerprint density at radius 2 is 1.96 bits per heavy atom. The largest absolute Gasteiger partial charge is 0.347 e. The van der Waals surface area contributed by atoms with E-state index in [-0.39, 0.29) is 29.1 Å². The van der Waals surface area contributed by atoms with Gasteiger partial charge in [-0.3, -0.25) is 4.79 Å². The van der Waals surface area contributed by atoms with Crippen molar-refractivity contribution in [1.82, 2.24) is 15.3 Å². The van der Waals surface area contributed by atoms with Crippen molar-refractivity contribution in [3.63, 3.8) is 0 Å². The van der Waals surface area contributed by atoms with Crippen LogP contribution in [0.15, 0.2) is 30.3 Å². The maximum absolute atomic E-state index is 12.4. The number of hydrogen-bond acceptors (Lipinski definition) is 6. The van der Waals surface area contributed by atoms with Crippen LogP contribution >= 0.6 is 0 Å². The second-order valence-electron chi connectivity index (χ2n) is 6.47. The Hall–Kier alpha value is -2.48. The quantitative estimate of drug-likeness (QED) is 0.830. The van der Waals surface area contributed by atoms with Crippen molar-refractivity contribution in [2.45, 2.75) is 32.7 Å². The Balaban J connectivity index is 1.73. The van der Waals surface area contributed by atoms with Crippen LogP contribution in [0.4, 0.5) is 11.6 Å². The SMILES string of the molecule is CCc1ccc(Nc2nc(C)cc(C(=O)NC3CCS(=O)(=O)C3)n2)cc1. The van der Waals surface area contributed by atoms with Crippen LogP contribution in [0, 0.1) is 6.92 Å². The first kappa shape index (κ1) is 18.3. The van der Waals surface area contributed by atoms with Crippen LogP contribution in [0.3, 0.4) is 0 Å². The van der Waals surface area contributed by atoms with Gasteiger partial charge >= 0.3 is 0 Å². The Morgan fingerprint density at radius 1 is 1.23 bits per heavy atom. The van der Waals surface area contributed by atoms with Crippen molar-refractivity contribution in [3.05, 3.63) is 47.3 Å². The van der Waals surface area contributed by atoms with Crippen molar-refractivity contribution in [3.8, 4) is 0 Å². The van der Waals surface area contributed by atoms with Gasteiger partial charge in [0.15, 0.2) is 9.84 Å². The second-order valence-corrected chi connectivity index (χ2v) is 8.70. The number of anilines is 2. The summed E-state index contributed by atoms with van der Waals surface area (Å²) in [5.74, 6) is 0.0411. The maximum Gasteiger partial charge on any atom is 0.270 e. The fraction of sp³-hybridized carbons (Fsp3) is 0.389. The Labute approximate surface area is 153 Å². The summed E-state index contributed by atoms with van der Waals surface area (Å²) in [6, 6.07) is 9.14. The summed E-state index contributed by atoms with van der Waals surface area (Å²) in [5, 5.41) is 5.85. The van der Waals surface area contributed by atoms with E-state index in [1.807, 2.05) is 24.3 Å². The summed E-state index contributed by atoms with van der Waals surface area (Å²) < 4.78 is 23.1. The van der Waals surface area contributed by atoms with Crippen LogP contribution in [0.2, 0.25) is 0 Å². The molecule has 138 valence electrons. The minimum atomic E-state index is -3.05. The molecule has 0 bridgehead atoms. The first-order valence-electron chi connectivity index (χ1n) is 8.57. The van der Waals surface area contributed by atoms with E-state index < -0.39 is 9.84 Å². The number of carbonyl (C=O) groups is 1. The van der Waals surface area contributed by atoms with Crippen molar-refractivity contribution in [1.29, 1.82) is 0 Å². The molecule has 2 aromatic rings. The lowest BCUT2D eigenvalue weighted by molar-refractivity contribution is 0.0936. The Bertz CT molecular complexity index is 911. The first-order chi connectivity index (χ1) is 12.3. The minimum absolute atomic E-state index is 0.0162. The van der Waals surface area contributed by atoms with Gasteiger partial charge in [0.1, 0.15) is 5.69 Å². The van der Waals surface area contributed by atoms with Gasteiger partial charge in [0, 0.05) is 17.4 Å². The summed E-state index contributed by atoms with van der Waals surface area (Å²) in [6.45, 7) is 3.87. The third-order valence-corrected chi connectivity index (χ3v) is 6.04. The summed E-state index contributed by atoms with van der Waals surface area (Å²) in [4.78, 5) is 21.0. The highest BCUT2D eigenvalue weighted by Crippen LogP contribution is 2.16. The van der Waals surface area contributed by atoms with E-state index in [4.69, 9.17) is 0 Å². The average molecular weight is 374 g/mol. The number of carbonyl (C=O) groups excluding carboxylic acids is 1. The molecule has 1 fully saturated rings. The summed E-state index contributed by atoms with van der Waals surface area (Å²) in [7, 11) is -3.05. The predicted molar refractivity (Wildman–Crippen MR) is 100 cm³/mol. The van der Waals surface area contributed by atoms with Crippen molar-refractivity contribution in [2.75, 3.05) is 16.8 Å². The molecular formula is C18H22N4O3S. The molecule has 1 aromatic heterocycles. The molecule has 0 aliphatic carbocycles. The van der Waals surface area contributed by atoms with Gasteiger partial charge in [-0.05, 0) is 43.5 Å². The second kappa shape index (κ2) is 7.41. The molecule has 26 heavy (non-hydrogen) atoms. The molecule has 7 nitrogen and oxygen atoms in total. The van der Waals surface area contributed by atoms with Gasteiger partial charge in [-0.15, -0.1) is 0 Å². The lowest BCUT2D eigenvalue weighted by atomic mass is 10.1. The van der Waals surface area contributed by atoms with Gasteiger partial charge in [0.2, 0.25) is 5.95 Å².